The van der Waals surface area contributed by atoms with E-state index in [1.54, 1.807) is 30.3 Å². The number of fused-ring (bicyclic) bond motifs is 1. The number of benzene rings is 3. The maximum absolute atomic E-state index is 12.7. The molecule has 4 rings (SSSR count). The van der Waals surface area contributed by atoms with E-state index in [2.05, 4.69) is 0 Å². The van der Waals surface area contributed by atoms with Gasteiger partial charge in [0.1, 0.15) is 11.5 Å². The van der Waals surface area contributed by atoms with Gasteiger partial charge in [0, 0.05) is 11.1 Å². The molecule has 0 saturated heterocycles. The highest BCUT2D eigenvalue weighted by Crippen LogP contribution is 2.39. The molecular weight excluding hydrogens is 364 g/mol. The standard InChI is InChI=1S/C25H20O4/c1-16-8-6-7-11-19(16)14-23-24(27)20-12-13-22(17(2)25(20)29-23)28-15-21(26)18-9-4-3-5-10-18/h3-14H,15H2,1-2H3/b23-14-. The predicted octanol–water partition coefficient (Wildman–Crippen LogP) is 5.18. The third-order valence-electron chi connectivity index (χ3n) is 4.97. The highest BCUT2D eigenvalue weighted by molar-refractivity contribution is 6.15. The number of aryl methyl sites for hydroxylation is 1. The average molecular weight is 384 g/mol. The van der Waals surface area contributed by atoms with Crippen molar-refractivity contribution in [3.63, 3.8) is 0 Å². The van der Waals surface area contributed by atoms with Crippen LogP contribution in [-0.2, 0) is 0 Å². The van der Waals surface area contributed by atoms with Crippen molar-refractivity contribution in [3.8, 4) is 11.5 Å². The van der Waals surface area contributed by atoms with Crippen LogP contribution >= 0.6 is 0 Å². The van der Waals surface area contributed by atoms with E-state index in [0.29, 0.717) is 28.2 Å². The Morgan fingerprint density at radius 2 is 1.69 bits per heavy atom. The molecule has 0 atom stereocenters. The first-order valence-corrected chi connectivity index (χ1v) is 9.39. The third-order valence-corrected chi connectivity index (χ3v) is 4.97. The van der Waals surface area contributed by atoms with Crippen molar-refractivity contribution < 1.29 is 19.1 Å². The van der Waals surface area contributed by atoms with Crippen LogP contribution in [0.25, 0.3) is 6.08 Å². The first-order valence-electron chi connectivity index (χ1n) is 9.39. The Labute approximate surface area is 169 Å². The third kappa shape index (κ3) is 3.69. The number of carbonyl (C=O) groups is 2. The molecule has 0 aromatic heterocycles. The molecule has 29 heavy (non-hydrogen) atoms. The first-order chi connectivity index (χ1) is 14.0. The van der Waals surface area contributed by atoms with Gasteiger partial charge in [-0.15, -0.1) is 0 Å². The Bertz CT molecular complexity index is 1130. The molecular formula is C25H20O4. The Kier molecular flexibility index (Phi) is 5.00. The van der Waals surface area contributed by atoms with E-state index in [0.717, 1.165) is 11.1 Å². The Balaban J connectivity index is 1.55. The maximum Gasteiger partial charge on any atom is 0.231 e. The summed E-state index contributed by atoms with van der Waals surface area (Å²) < 4.78 is 11.6. The lowest BCUT2D eigenvalue weighted by atomic mass is 10.0. The highest BCUT2D eigenvalue weighted by Gasteiger charge is 2.30. The van der Waals surface area contributed by atoms with E-state index in [9.17, 15) is 9.59 Å². The summed E-state index contributed by atoms with van der Waals surface area (Å²) in [5, 5.41) is 0. The van der Waals surface area contributed by atoms with Gasteiger partial charge in [-0.25, -0.2) is 0 Å². The number of hydrogen-bond donors (Lipinski definition) is 0. The van der Waals surface area contributed by atoms with Gasteiger partial charge in [0.15, 0.2) is 18.1 Å². The first kappa shape index (κ1) is 18.7. The van der Waals surface area contributed by atoms with Gasteiger partial charge in [-0.1, -0.05) is 54.6 Å². The average Bonchev–Trinajstić information content (AvgIpc) is 3.06. The number of Topliss-reactive ketones (excluding diaryl/α,β-unsaturated/α-hetero) is 2. The molecule has 0 aliphatic carbocycles. The molecule has 0 saturated carbocycles. The van der Waals surface area contributed by atoms with Crippen LogP contribution in [0.3, 0.4) is 0 Å². The fraction of sp³-hybridized carbons (Fsp3) is 0.120. The zero-order valence-corrected chi connectivity index (χ0v) is 16.3. The summed E-state index contributed by atoms with van der Waals surface area (Å²) in [5.74, 6) is 1.04. The molecule has 1 heterocycles. The van der Waals surface area contributed by atoms with Crippen molar-refractivity contribution in [2.24, 2.45) is 0 Å². The number of hydrogen-bond acceptors (Lipinski definition) is 4. The molecule has 0 radical (unpaired) electrons. The molecule has 144 valence electrons. The molecule has 4 nitrogen and oxygen atoms in total. The van der Waals surface area contributed by atoms with Gasteiger partial charge in [0.05, 0.1) is 5.56 Å². The fourth-order valence-corrected chi connectivity index (χ4v) is 3.26. The quantitative estimate of drug-likeness (QED) is 0.449. The Morgan fingerprint density at radius 1 is 0.966 bits per heavy atom. The maximum atomic E-state index is 12.7. The van der Waals surface area contributed by atoms with Crippen molar-refractivity contribution in [2.45, 2.75) is 13.8 Å². The minimum Gasteiger partial charge on any atom is -0.485 e. The number of ether oxygens (including phenoxy) is 2. The lowest BCUT2D eigenvalue weighted by Gasteiger charge is -2.11. The summed E-state index contributed by atoms with van der Waals surface area (Å²) in [6.07, 6.45) is 1.76. The molecule has 1 aliphatic heterocycles. The van der Waals surface area contributed by atoms with Gasteiger partial charge in [-0.3, -0.25) is 9.59 Å². The number of rotatable bonds is 5. The monoisotopic (exact) mass is 384 g/mol. The van der Waals surface area contributed by atoms with Gasteiger partial charge >= 0.3 is 0 Å². The molecule has 3 aromatic carbocycles. The summed E-state index contributed by atoms with van der Waals surface area (Å²) in [5.41, 5.74) is 3.80. The molecule has 0 spiro atoms. The Hall–Kier alpha value is -3.66. The summed E-state index contributed by atoms with van der Waals surface area (Å²) in [7, 11) is 0. The van der Waals surface area contributed by atoms with Gasteiger partial charge in [-0.2, -0.15) is 0 Å². The summed E-state index contributed by atoms with van der Waals surface area (Å²) >= 11 is 0. The molecule has 0 fully saturated rings. The lowest BCUT2D eigenvalue weighted by molar-refractivity contribution is 0.0920. The van der Waals surface area contributed by atoms with Crippen LogP contribution in [0.15, 0.2) is 72.5 Å². The number of allylic oxidation sites excluding steroid dienone is 1. The minimum atomic E-state index is -0.154. The van der Waals surface area contributed by atoms with Gasteiger partial charge in [0.2, 0.25) is 5.78 Å². The van der Waals surface area contributed by atoms with Crippen molar-refractivity contribution in [1.82, 2.24) is 0 Å². The highest BCUT2D eigenvalue weighted by atomic mass is 16.5. The zero-order valence-electron chi connectivity index (χ0n) is 16.3. The smallest absolute Gasteiger partial charge is 0.231 e. The van der Waals surface area contributed by atoms with E-state index in [-0.39, 0.29) is 23.9 Å². The SMILES string of the molecule is Cc1ccccc1/C=C1\Oc2c(ccc(OCC(=O)c3ccccc3)c2C)C1=O. The van der Waals surface area contributed by atoms with E-state index in [1.807, 2.05) is 56.3 Å². The zero-order chi connectivity index (χ0) is 20.4. The largest absolute Gasteiger partial charge is 0.485 e. The van der Waals surface area contributed by atoms with Crippen LogP contribution in [0, 0.1) is 13.8 Å². The van der Waals surface area contributed by atoms with E-state index >= 15 is 0 Å². The second kappa shape index (κ2) is 7.76. The van der Waals surface area contributed by atoms with Crippen LogP contribution in [-0.4, -0.2) is 18.2 Å². The summed E-state index contributed by atoms with van der Waals surface area (Å²) in [6, 6.07) is 20.2. The molecule has 0 bridgehead atoms. The molecule has 3 aromatic rings. The summed E-state index contributed by atoms with van der Waals surface area (Å²) in [4.78, 5) is 25.0. The van der Waals surface area contributed by atoms with Gasteiger partial charge in [0.25, 0.3) is 0 Å². The van der Waals surface area contributed by atoms with Gasteiger partial charge in [-0.05, 0) is 43.2 Å². The molecule has 0 amide bonds. The summed E-state index contributed by atoms with van der Waals surface area (Å²) in [6.45, 7) is 3.73. The van der Waals surface area contributed by atoms with Gasteiger partial charge < -0.3 is 9.47 Å². The Morgan fingerprint density at radius 3 is 2.45 bits per heavy atom. The molecule has 0 unspecified atom stereocenters. The predicted molar refractivity (Wildman–Crippen MR) is 112 cm³/mol. The van der Waals surface area contributed by atoms with Crippen LogP contribution in [0.4, 0.5) is 0 Å². The topological polar surface area (TPSA) is 52.6 Å². The molecule has 1 aliphatic rings. The van der Waals surface area contributed by atoms with E-state index in [1.165, 1.54) is 0 Å². The van der Waals surface area contributed by atoms with Crippen LogP contribution in [0.5, 0.6) is 11.5 Å². The van der Waals surface area contributed by atoms with Crippen molar-refractivity contribution in [3.05, 3.63) is 100 Å². The number of ketones is 2. The molecule has 4 heteroatoms. The van der Waals surface area contributed by atoms with Crippen molar-refractivity contribution in [2.75, 3.05) is 6.61 Å². The van der Waals surface area contributed by atoms with Crippen molar-refractivity contribution in [1.29, 1.82) is 0 Å². The van der Waals surface area contributed by atoms with Crippen LogP contribution in [0.1, 0.15) is 37.4 Å². The minimum absolute atomic E-state index is 0.0799. The lowest BCUT2D eigenvalue weighted by Crippen LogP contribution is -2.12. The number of carbonyl (C=O) groups excluding carboxylic acids is 2. The fourth-order valence-electron chi connectivity index (χ4n) is 3.26. The molecule has 0 N–H and O–H groups in total. The van der Waals surface area contributed by atoms with Crippen LogP contribution in [0.2, 0.25) is 0 Å². The second-order valence-electron chi connectivity index (χ2n) is 6.94. The van der Waals surface area contributed by atoms with E-state index < -0.39 is 0 Å². The van der Waals surface area contributed by atoms with E-state index in [4.69, 9.17) is 9.47 Å². The van der Waals surface area contributed by atoms with Crippen molar-refractivity contribution >= 4 is 17.6 Å². The second-order valence-corrected chi connectivity index (χ2v) is 6.94. The van der Waals surface area contributed by atoms with Crippen LogP contribution < -0.4 is 9.47 Å². The normalized spacial score (nSPS) is 13.9.